The molecule has 0 saturated carbocycles. The van der Waals surface area contributed by atoms with Crippen LogP contribution in [0.4, 0.5) is 4.79 Å². The molecular weight excluding hydrogens is 306 g/mol. The molecule has 3 heterocycles. The summed E-state index contributed by atoms with van der Waals surface area (Å²) in [5.74, 6) is 0. The molecule has 0 aromatic carbocycles. The normalized spacial score (nSPS) is 16.4. The molecular formula is C18H23N3O3. The van der Waals surface area contributed by atoms with Crippen molar-refractivity contribution in [3.05, 3.63) is 30.1 Å². The van der Waals surface area contributed by atoms with E-state index in [9.17, 15) is 9.59 Å². The minimum Gasteiger partial charge on any atom is -0.444 e. The zero-order valence-corrected chi connectivity index (χ0v) is 14.4. The number of aldehydes is 1. The average molecular weight is 329 g/mol. The molecule has 1 amide bonds. The maximum absolute atomic E-state index is 12.2. The fourth-order valence-corrected chi connectivity index (χ4v) is 3.13. The minimum atomic E-state index is -0.479. The van der Waals surface area contributed by atoms with Gasteiger partial charge < -0.3 is 14.2 Å². The fourth-order valence-electron chi connectivity index (χ4n) is 3.13. The number of hydrogen-bond donors (Lipinski definition) is 0. The average Bonchev–Trinajstić information content (AvgIpc) is 2.92. The van der Waals surface area contributed by atoms with Gasteiger partial charge in [-0.15, -0.1) is 0 Å². The number of amides is 1. The molecule has 1 saturated heterocycles. The van der Waals surface area contributed by atoms with Crippen LogP contribution in [0, 0.1) is 0 Å². The number of fused-ring (bicyclic) bond motifs is 1. The van der Waals surface area contributed by atoms with E-state index in [-0.39, 0.29) is 12.1 Å². The van der Waals surface area contributed by atoms with Gasteiger partial charge in [0.25, 0.3) is 0 Å². The smallest absolute Gasteiger partial charge is 0.410 e. The molecule has 0 unspecified atom stereocenters. The van der Waals surface area contributed by atoms with E-state index in [0.29, 0.717) is 18.7 Å². The Morgan fingerprint density at radius 3 is 2.67 bits per heavy atom. The highest BCUT2D eigenvalue weighted by Crippen LogP contribution is 2.29. The molecule has 128 valence electrons. The van der Waals surface area contributed by atoms with Crippen molar-refractivity contribution in [1.82, 2.24) is 14.5 Å². The summed E-state index contributed by atoms with van der Waals surface area (Å²) < 4.78 is 7.51. The molecule has 0 bridgehead atoms. The predicted octanol–water partition coefficient (Wildman–Crippen LogP) is 3.42. The van der Waals surface area contributed by atoms with Gasteiger partial charge in [-0.05, 0) is 45.7 Å². The summed E-state index contributed by atoms with van der Waals surface area (Å²) in [4.78, 5) is 29.6. The second-order valence-corrected chi connectivity index (χ2v) is 7.18. The van der Waals surface area contributed by atoms with Crippen molar-refractivity contribution in [3.63, 3.8) is 0 Å². The van der Waals surface area contributed by atoms with E-state index in [2.05, 4.69) is 9.55 Å². The van der Waals surface area contributed by atoms with Crippen LogP contribution in [-0.4, -0.2) is 45.5 Å². The number of likely N-dealkylation sites (tertiary alicyclic amines) is 1. The van der Waals surface area contributed by atoms with Crippen LogP contribution in [0.1, 0.15) is 50.0 Å². The topological polar surface area (TPSA) is 64.4 Å². The lowest BCUT2D eigenvalue weighted by atomic mass is 10.1. The maximum Gasteiger partial charge on any atom is 0.410 e. The lowest BCUT2D eigenvalue weighted by Gasteiger charge is -2.34. The number of rotatable bonds is 2. The van der Waals surface area contributed by atoms with Crippen LogP contribution in [0.25, 0.3) is 11.0 Å². The third kappa shape index (κ3) is 3.27. The third-order valence-corrected chi connectivity index (χ3v) is 4.26. The summed E-state index contributed by atoms with van der Waals surface area (Å²) in [7, 11) is 0. The Labute approximate surface area is 141 Å². The van der Waals surface area contributed by atoms with Crippen molar-refractivity contribution in [1.29, 1.82) is 0 Å². The van der Waals surface area contributed by atoms with Crippen LogP contribution in [0.15, 0.2) is 24.5 Å². The number of carbonyl (C=O) groups excluding carboxylic acids is 2. The molecule has 0 atom stereocenters. The van der Waals surface area contributed by atoms with Gasteiger partial charge in [-0.1, -0.05) is 0 Å². The van der Waals surface area contributed by atoms with Crippen molar-refractivity contribution < 1.29 is 14.3 Å². The molecule has 3 rings (SSSR count). The van der Waals surface area contributed by atoms with Crippen LogP contribution in [0.3, 0.4) is 0 Å². The second-order valence-electron chi connectivity index (χ2n) is 7.18. The van der Waals surface area contributed by atoms with E-state index in [1.165, 1.54) is 0 Å². The Hall–Kier alpha value is -2.37. The highest BCUT2D eigenvalue weighted by atomic mass is 16.6. The number of pyridine rings is 1. The molecule has 0 radical (unpaired) electrons. The van der Waals surface area contributed by atoms with Crippen LogP contribution in [0.5, 0.6) is 0 Å². The Bertz CT molecular complexity index is 752. The lowest BCUT2D eigenvalue weighted by Crippen LogP contribution is -2.42. The van der Waals surface area contributed by atoms with Crippen LogP contribution in [-0.2, 0) is 4.74 Å². The van der Waals surface area contributed by atoms with Crippen LogP contribution >= 0.6 is 0 Å². The highest BCUT2D eigenvalue weighted by molar-refractivity contribution is 5.96. The maximum atomic E-state index is 12.2. The summed E-state index contributed by atoms with van der Waals surface area (Å²) in [5.41, 5.74) is 1.01. The first-order valence-electron chi connectivity index (χ1n) is 8.28. The second kappa shape index (κ2) is 6.26. The van der Waals surface area contributed by atoms with E-state index in [1.54, 1.807) is 11.1 Å². The van der Waals surface area contributed by atoms with Gasteiger partial charge in [0.05, 0.1) is 0 Å². The van der Waals surface area contributed by atoms with Gasteiger partial charge in [-0.3, -0.25) is 4.79 Å². The van der Waals surface area contributed by atoms with Crippen LogP contribution in [0.2, 0.25) is 0 Å². The minimum absolute atomic E-state index is 0.231. The van der Waals surface area contributed by atoms with E-state index in [1.807, 2.05) is 39.1 Å². The van der Waals surface area contributed by atoms with Gasteiger partial charge in [0, 0.05) is 42.5 Å². The first kappa shape index (κ1) is 16.5. The molecule has 24 heavy (non-hydrogen) atoms. The zero-order valence-electron chi connectivity index (χ0n) is 14.4. The van der Waals surface area contributed by atoms with Gasteiger partial charge >= 0.3 is 6.09 Å². The molecule has 0 aliphatic carbocycles. The van der Waals surface area contributed by atoms with Gasteiger partial charge in [0.1, 0.15) is 11.2 Å². The fraction of sp³-hybridized carbons (Fsp3) is 0.500. The monoisotopic (exact) mass is 329 g/mol. The first-order chi connectivity index (χ1) is 11.4. The molecule has 2 aromatic rings. The highest BCUT2D eigenvalue weighted by Gasteiger charge is 2.28. The largest absolute Gasteiger partial charge is 0.444 e. The van der Waals surface area contributed by atoms with Crippen molar-refractivity contribution >= 4 is 23.4 Å². The zero-order chi connectivity index (χ0) is 17.3. The Morgan fingerprint density at radius 2 is 2.04 bits per heavy atom. The molecule has 6 heteroatoms. The van der Waals surface area contributed by atoms with E-state index < -0.39 is 5.60 Å². The Morgan fingerprint density at radius 1 is 1.33 bits per heavy atom. The SMILES string of the molecule is CC(C)(C)OC(=O)N1CCC(n2cc(C=O)c3cccnc32)CC1. The number of carbonyl (C=O) groups is 2. The summed E-state index contributed by atoms with van der Waals surface area (Å²) >= 11 is 0. The summed E-state index contributed by atoms with van der Waals surface area (Å²) in [6, 6.07) is 3.98. The molecule has 1 aliphatic heterocycles. The third-order valence-electron chi connectivity index (χ3n) is 4.26. The number of nitrogens with zero attached hydrogens (tertiary/aromatic N) is 3. The summed E-state index contributed by atoms with van der Waals surface area (Å²) in [5, 5.41) is 0.877. The Kier molecular flexibility index (Phi) is 4.30. The van der Waals surface area contributed by atoms with Crippen molar-refractivity contribution in [2.75, 3.05) is 13.1 Å². The van der Waals surface area contributed by atoms with E-state index in [4.69, 9.17) is 4.74 Å². The number of aromatic nitrogens is 2. The molecule has 0 N–H and O–H groups in total. The lowest BCUT2D eigenvalue weighted by molar-refractivity contribution is 0.0189. The molecule has 0 spiro atoms. The van der Waals surface area contributed by atoms with Gasteiger partial charge in [0.2, 0.25) is 0 Å². The summed E-state index contributed by atoms with van der Waals surface area (Å²) in [6.07, 6.45) is 5.86. The molecule has 6 nitrogen and oxygen atoms in total. The van der Waals surface area contributed by atoms with Crippen molar-refractivity contribution in [3.8, 4) is 0 Å². The van der Waals surface area contributed by atoms with Crippen molar-refractivity contribution in [2.24, 2.45) is 0 Å². The summed E-state index contributed by atoms with van der Waals surface area (Å²) in [6.45, 7) is 6.90. The van der Waals surface area contributed by atoms with Crippen molar-refractivity contribution in [2.45, 2.75) is 45.3 Å². The first-order valence-corrected chi connectivity index (χ1v) is 8.28. The van der Waals surface area contributed by atoms with Gasteiger partial charge in [0.15, 0.2) is 6.29 Å². The van der Waals surface area contributed by atoms with Gasteiger partial charge in [-0.2, -0.15) is 0 Å². The number of ether oxygens (including phenoxy) is 1. The Balaban J connectivity index is 1.74. The van der Waals surface area contributed by atoms with E-state index >= 15 is 0 Å². The molecule has 1 fully saturated rings. The quantitative estimate of drug-likeness (QED) is 0.792. The number of piperidine rings is 1. The predicted molar refractivity (Wildman–Crippen MR) is 91.2 cm³/mol. The molecule has 2 aromatic heterocycles. The van der Waals surface area contributed by atoms with E-state index in [0.717, 1.165) is 30.2 Å². The standard InChI is InChI=1S/C18H23N3O3/c1-18(2,3)24-17(23)20-9-6-14(7-10-20)21-11-13(12-22)15-5-4-8-19-16(15)21/h4-5,8,11-12,14H,6-7,9-10H2,1-3H3. The molecule has 1 aliphatic rings. The van der Waals surface area contributed by atoms with Crippen LogP contribution < -0.4 is 0 Å². The van der Waals surface area contributed by atoms with Gasteiger partial charge in [-0.25, -0.2) is 9.78 Å². The number of hydrogen-bond acceptors (Lipinski definition) is 4.